The SMILES string of the molecule is Cc1nc(N[C@@H](CC(C)C)C(=O)O)sc1-c1ccc(Cl)c(S(C)(=O)=O)c1. The van der Waals surface area contributed by atoms with Crippen molar-refractivity contribution in [1.29, 1.82) is 0 Å². The summed E-state index contributed by atoms with van der Waals surface area (Å²) in [5, 5.41) is 13.0. The molecule has 0 radical (unpaired) electrons. The van der Waals surface area contributed by atoms with Crippen molar-refractivity contribution in [3.63, 3.8) is 0 Å². The van der Waals surface area contributed by atoms with E-state index in [-0.39, 0.29) is 15.8 Å². The van der Waals surface area contributed by atoms with Crippen LogP contribution in [0.1, 0.15) is 26.0 Å². The number of rotatable bonds is 7. The lowest BCUT2D eigenvalue weighted by Gasteiger charge is -2.15. The van der Waals surface area contributed by atoms with Crippen molar-refractivity contribution < 1.29 is 18.3 Å². The predicted octanol–water partition coefficient (Wildman–Crippen LogP) is 4.09. The number of benzene rings is 1. The molecule has 0 aliphatic carbocycles. The third-order valence-corrected chi connectivity index (χ3v) is 6.41. The summed E-state index contributed by atoms with van der Waals surface area (Å²) < 4.78 is 23.8. The average molecular weight is 417 g/mol. The fourth-order valence-corrected chi connectivity index (χ4v) is 4.81. The van der Waals surface area contributed by atoms with Gasteiger partial charge in [-0.15, -0.1) is 0 Å². The number of hydrogen-bond donors (Lipinski definition) is 2. The van der Waals surface area contributed by atoms with Crippen LogP contribution < -0.4 is 5.32 Å². The third kappa shape index (κ3) is 4.96. The number of aryl methyl sites for hydroxylation is 1. The summed E-state index contributed by atoms with van der Waals surface area (Å²) in [4.78, 5) is 16.6. The van der Waals surface area contributed by atoms with Gasteiger partial charge in [0.15, 0.2) is 15.0 Å². The fraction of sp³-hybridized carbons (Fsp3) is 0.412. The summed E-state index contributed by atoms with van der Waals surface area (Å²) >= 11 is 7.28. The maximum Gasteiger partial charge on any atom is 0.326 e. The molecule has 1 heterocycles. The molecule has 0 aliphatic heterocycles. The van der Waals surface area contributed by atoms with Gasteiger partial charge >= 0.3 is 5.97 Å². The first kappa shape index (κ1) is 20.7. The second kappa shape index (κ2) is 7.94. The molecule has 0 spiro atoms. The van der Waals surface area contributed by atoms with Gasteiger partial charge in [-0.2, -0.15) is 0 Å². The van der Waals surface area contributed by atoms with Crippen molar-refractivity contribution in [1.82, 2.24) is 4.98 Å². The van der Waals surface area contributed by atoms with E-state index in [9.17, 15) is 18.3 Å². The highest BCUT2D eigenvalue weighted by atomic mass is 35.5. The Bertz CT molecular complexity index is 923. The quantitative estimate of drug-likeness (QED) is 0.705. The number of aliphatic carboxylic acids is 1. The van der Waals surface area contributed by atoms with Crippen LogP contribution in [0, 0.1) is 12.8 Å². The molecule has 1 atom stereocenters. The Morgan fingerprint density at radius 1 is 1.38 bits per heavy atom. The number of thiazole rings is 1. The van der Waals surface area contributed by atoms with E-state index in [0.29, 0.717) is 22.8 Å². The third-order valence-electron chi connectivity index (χ3n) is 3.69. The minimum Gasteiger partial charge on any atom is -0.480 e. The molecule has 2 rings (SSSR count). The Balaban J connectivity index is 2.38. The molecular formula is C17H21ClN2O4S2. The van der Waals surface area contributed by atoms with Gasteiger partial charge in [0.25, 0.3) is 0 Å². The fourth-order valence-electron chi connectivity index (χ4n) is 2.50. The molecule has 0 amide bonds. The van der Waals surface area contributed by atoms with Crippen molar-refractivity contribution in [2.24, 2.45) is 5.92 Å². The van der Waals surface area contributed by atoms with E-state index in [0.717, 1.165) is 11.1 Å². The number of nitrogens with zero attached hydrogens (tertiary/aromatic N) is 1. The van der Waals surface area contributed by atoms with E-state index in [1.807, 2.05) is 13.8 Å². The number of carbonyl (C=O) groups is 1. The van der Waals surface area contributed by atoms with Gasteiger partial charge in [0.1, 0.15) is 6.04 Å². The number of nitrogens with one attached hydrogen (secondary N) is 1. The van der Waals surface area contributed by atoms with Gasteiger partial charge in [-0.05, 0) is 37.0 Å². The van der Waals surface area contributed by atoms with Crippen molar-refractivity contribution >= 4 is 43.9 Å². The second-order valence-corrected chi connectivity index (χ2v) is 9.91. The molecule has 1 aromatic carbocycles. The van der Waals surface area contributed by atoms with Crippen LogP contribution in [0.25, 0.3) is 10.4 Å². The van der Waals surface area contributed by atoms with Crippen LogP contribution in [-0.2, 0) is 14.6 Å². The smallest absolute Gasteiger partial charge is 0.326 e. The van der Waals surface area contributed by atoms with E-state index < -0.39 is 21.8 Å². The van der Waals surface area contributed by atoms with Gasteiger partial charge < -0.3 is 10.4 Å². The number of carboxylic acid groups (broad SMARTS) is 1. The minimum absolute atomic E-state index is 0.0576. The van der Waals surface area contributed by atoms with E-state index in [4.69, 9.17) is 11.6 Å². The predicted molar refractivity (Wildman–Crippen MR) is 105 cm³/mol. The maximum atomic E-state index is 11.9. The molecule has 2 N–H and O–H groups in total. The van der Waals surface area contributed by atoms with Crippen molar-refractivity contribution in [3.8, 4) is 10.4 Å². The molecular weight excluding hydrogens is 396 g/mol. The van der Waals surface area contributed by atoms with E-state index in [1.165, 1.54) is 17.4 Å². The summed E-state index contributed by atoms with van der Waals surface area (Å²) in [5.74, 6) is -0.711. The van der Waals surface area contributed by atoms with Crippen molar-refractivity contribution in [2.45, 2.75) is 38.1 Å². The molecule has 0 unspecified atom stereocenters. The molecule has 9 heteroatoms. The Morgan fingerprint density at radius 3 is 2.58 bits per heavy atom. The minimum atomic E-state index is -3.45. The van der Waals surface area contributed by atoms with E-state index >= 15 is 0 Å². The lowest BCUT2D eigenvalue weighted by Crippen LogP contribution is -2.30. The number of anilines is 1. The lowest BCUT2D eigenvalue weighted by molar-refractivity contribution is -0.138. The van der Waals surface area contributed by atoms with Gasteiger partial charge in [-0.25, -0.2) is 18.2 Å². The highest BCUT2D eigenvalue weighted by Gasteiger charge is 2.22. The zero-order valence-electron chi connectivity index (χ0n) is 14.9. The standard InChI is InChI=1S/C17H21ClN2O4S2/c1-9(2)7-13(16(21)22)20-17-19-10(3)15(25-17)11-5-6-12(18)14(8-11)26(4,23)24/h5-6,8-9,13H,7H2,1-4H3,(H,19,20)(H,21,22)/t13-/m0/s1. The van der Waals surface area contributed by atoms with Crippen LogP contribution in [0.2, 0.25) is 5.02 Å². The van der Waals surface area contributed by atoms with Gasteiger partial charge in [0.05, 0.1) is 20.5 Å². The zero-order chi connectivity index (χ0) is 19.6. The van der Waals surface area contributed by atoms with Crippen LogP contribution in [0.4, 0.5) is 5.13 Å². The Labute approximate surface area is 162 Å². The molecule has 0 bridgehead atoms. The molecule has 142 valence electrons. The maximum absolute atomic E-state index is 11.9. The summed E-state index contributed by atoms with van der Waals surface area (Å²) in [6, 6.07) is 4.05. The average Bonchev–Trinajstić information content (AvgIpc) is 2.86. The number of hydrogen-bond acceptors (Lipinski definition) is 6. The van der Waals surface area contributed by atoms with E-state index in [2.05, 4.69) is 10.3 Å². The van der Waals surface area contributed by atoms with Crippen LogP contribution in [0.15, 0.2) is 23.1 Å². The van der Waals surface area contributed by atoms with Crippen LogP contribution >= 0.6 is 22.9 Å². The molecule has 1 aromatic heterocycles. The summed E-state index contributed by atoms with van der Waals surface area (Å²) in [6.45, 7) is 5.71. The number of aromatic nitrogens is 1. The van der Waals surface area contributed by atoms with Crippen LogP contribution in [0.5, 0.6) is 0 Å². The number of halogens is 1. The van der Waals surface area contributed by atoms with Gasteiger partial charge in [0.2, 0.25) is 0 Å². The van der Waals surface area contributed by atoms with Gasteiger partial charge in [-0.3, -0.25) is 0 Å². The van der Waals surface area contributed by atoms with Crippen molar-refractivity contribution in [2.75, 3.05) is 11.6 Å². The zero-order valence-corrected chi connectivity index (χ0v) is 17.3. The Hall–Kier alpha value is -1.64. The molecule has 0 saturated carbocycles. The highest BCUT2D eigenvalue weighted by Crippen LogP contribution is 2.36. The van der Waals surface area contributed by atoms with E-state index in [1.54, 1.807) is 19.1 Å². The first-order valence-corrected chi connectivity index (χ1v) is 11.0. The first-order chi connectivity index (χ1) is 12.0. The number of sulfone groups is 1. The van der Waals surface area contributed by atoms with Gasteiger partial charge in [0, 0.05) is 6.26 Å². The molecule has 6 nitrogen and oxygen atoms in total. The van der Waals surface area contributed by atoms with Gasteiger partial charge in [-0.1, -0.05) is 42.9 Å². The lowest BCUT2D eigenvalue weighted by atomic mass is 10.0. The van der Waals surface area contributed by atoms with Crippen LogP contribution in [-0.4, -0.2) is 36.8 Å². The topological polar surface area (TPSA) is 96.4 Å². The van der Waals surface area contributed by atoms with Crippen molar-refractivity contribution in [3.05, 3.63) is 28.9 Å². The molecule has 0 saturated heterocycles. The molecule has 2 aromatic rings. The molecule has 0 fully saturated rings. The number of carboxylic acids is 1. The van der Waals surface area contributed by atoms with Crippen LogP contribution in [0.3, 0.4) is 0 Å². The Kier molecular flexibility index (Phi) is 6.31. The largest absolute Gasteiger partial charge is 0.480 e. The first-order valence-electron chi connectivity index (χ1n) is 7.95. The Morgan fingerprint density at radius 2 is 2.04 bits per heavy atom. The second-order valence-electron chi connectivity index (χ2n) is 6.52. The summed E-state index contributed by atoms with van der Waals surface area (Å²) in [6.07, 6.45) is 1.58. The summed E-state index contributed by atoms with van der Waals surface area (Å²) in [5.41, 5.74) is 1.36. The monoisotopic (exact) mass is 416 g/mol. The summed E-state index contributed by atoms with van der Waals surface area (Å²) in [7, 11) is -3.45. The molecule has 26 heavy (non-hydrogen) atoms. The molecule has 0 aliphatic rings. The normalized spacial score (nSPS) is 13.0. The highest BCUT2D eigenvalue weighted by molar-refractivity contribution is 7.90.